The number of hydrogen-bond donors (Lipinski definition) is 1. The zero-order chi connectivity index (χ0) is 21.0. The molecule has 1 amide bonds. The molecular weight excluding hydrogens is 368 g/mol. The maximum atomic E-state index is 12.5. The third kappa shape index (κ3) is 5.32. The van der Waals surface area contributed by atoms with Gasteiger partial charge in [0, 0.05) is 44.0 Å². The Bertz CT molecular complexity index is 874. The molecule has 0 aliphatic carbocycles. The minimum Gasteiger partial charge on any atom is -0.369 e. The lowest BCUT2D eigenvalue weighted by molar-refractivity contribution is -0.384. The van der Waals surface area contributed by atoms with Crippen LogP contribution in [-0.4, -0.2) is 48.5 Å². The van der Waals surface area contributed by atoms with Gasteiger partial charge >= 0.3 is 0 Å². The van der Waals surface area contributed by atoms with Gasteiger partial charge in [-0.15, -0.1) is 0 Å². The highest BCUT2D eigenvalue weighted by Gasteiger charge is 2.20. The van der Waals surface area contributed by atoms with Crippen molar-refractivity contribution in [3.8, 4) is 0 Å². The number of anilines is 1. The van der Waals surface area contributed by atoms with Crippen molar-refractivity contribution in [2.45, 2.75) is 26.8 Å². The Morgan fingerprint density at radius 2 is 1.72 bits per heavy atom. The second-order valence-corrected chi connectivity index (χ2v) is 7.67. The number of aryl methyl sites for hydroxylation is 2. The quantitative estimate of drug-likeness (QED) is 0.599. The van der Waals surface area contributed by atoms with Crippen molar-refractivity contribution in [1.29, 1.82) is 0 Å². The minimum absolute atomic E-state index is 0.0248. The molecule has 0 bridgehead atoms. The van der Waals surface area contributed by atoms with Crippen molar-refractivity contribution in [2.24, 2.45) is 0 Å². The van der Waals surface area contributed by atoms with E-state index in [0.717, 1.165) is 37.4 Å². The van der Waals surface area contributed by atoms with Crippen molar-refractivity contribution in [3.05, 3.63) is 69.3 Å². The van der Waals surface area contributed by atoms with Crippen LogP contribution >= 0.6 is 0 Å². The number of carbonyl (C=O) groups excluding carboxylic acids is 1. The number of hydrogen-bond acceptors (Lipinski definition) is 5. The summed E-state index contributed by atoms with van der Waals surface area (Å²) >= 11 is 0. The Morgan fingerprint density at radius 3 is 2.31 bits per heavy atom. The van der Waals surface area contributed by atoms with E-state index >= 15 is 0 Å². The van der Waals surface area contributed by atoms with Gasteiger partial charge in [0.15, 0.2) is 0 Å². The summed E-state index contributed by atoms with van der Waals surface area (Å²) in [6, 6.07) is 12.9. The summed E-state index contributed by atoms with van der Waals surface area (Å²) in [7, 11) is 0. The molecule has 0 saturated carbocycles. The molecule has 7 heteroatoms. The minimum atomic E-state index is -0.390. The SMILES string of the molecule is Cc1ccc([C@H](C)NC(=O)CN2CCN(c3ccc([N+](=O)[O-])cc3)CC2)cc1C. The first-order valence-electron chi connectivity index (χ1n) is 9.92. The van der Waals surface area contributed by atoms with Gasteiger partial charge in [-0.2, -0.15) is 0 Å². The molecular formula is C22H28N4O3. The van der Waals surface area contributed by atoms with Crippen LogP contribution in [0, 0.1) is 24.0 Å². The van der Waals surface area contributed by atoms with Crippen LogP contribution in [0.15, 0.2) is 42.5 Å². The van der Waals surface area contributed by atoms with Crippen molar-refractivity contribution < 1.29 is 9.72 Å². The zero-order valence-electron chi connectivity index (χ0n) is 17.2. The molecule has 1 saturated heterocycles. The second kappa shape index (κ2) is 9.05. The molecule has 0 radical (unpaired) electrons. The summed E-state index contributed by atoms with van der Waals surface area (Å²) in [4.78, 5) is 27.2. The van der Waals surface area contributed by atoms with E-state index < -0.39 is 0 Å². The number of nitrogens with zero attached hydrogens (tertiary/aromatic N) is 3. The smallest absolute Gasteiger partial charge is 0.269 e. The van der Waals surface area contributed by atoms with E-state index in [0.29, 0.717) is 6.54 Å². The first-order chi connectivity index (χ1) is 13.8. The third-order valence-corrected chi connectivity index (χ3v) is 5.57. The molecule has 1 heterocycles. The van der Waals surface area contributed by atoms with Gasteiger partial charge in [-0.25, -0.2) is 0 Å². The van der Waals surface area contributed by atoms with Crippen LogP contribution in [0.3, 0.4) is 0 Å². The molecule has 3 rings (SSSR count). The summed E-state index contributed by atoms with van der Waals surface area (Å²) in [6.07, 6.45) is 0. The molecule has 0 spiro atoms. The van der Waals surface area contributed by atoms with Crippen LogP contribution in [0.2, 0.25) is 0 Å². The number of amides is 1. The number of nitro groups is 1. The monoisotopic (exact) mass is 396 g/mol. The van der Waals surface area contributed by atoms with Crippen LogP contribution in [-0.2, 0) is 4.79 Å². The van der Waals surface area contributed by atoms with Crippen molar-refractivity contribution in [1.82, 2.24) is 10.2 Å². The van der Waals surface area contributed by atoms with Gasteiger partial charge in [0.1, 0.15) is 0 Å². The highest BCUT2D eigenvalue weighted by molar-refractivity contribution is 5.78. The Kier molecular flexibility index (Phi) is 6.49. The molecule has 154 valence electrons. The second-order valence-electron chi connectivity index (χ2n) is 7.67. The number of piperazine rings is 1. The lowest BCUT2D eigenvalue weighted by Crippen LogP contribution is -2.49. The van der Waals surface area contributed by atoms with Gasteiger partial charge in [0.25, 0.3) is 5.69 Å². The Hall–Kier alpha value is -2.93. The predicted octanol–water partition coefficient (Wildman–Crippen LogP) is 3.21. The Labute approximate surface area is 171 Å². The van der Waals surface area contributed by atoms with Gasteiger partial charge < -0.3 is 10.2 Å². The highest BCUT2D eigenvalue weighted by Crippen LogP contribution is 2.21. The largest absolute Gasteiger partial charge is 0.369 e. The van der Waals surface area contributed by atoms with Gasteiger partial charge in [-0.05, 0) is 49.6 Å². The van der Waals surface area contributed by atoms with Crippen molar-refractivity contribution >= 4 is 17.3 Å². The standard InChI is InChI=1S/C22H28N4O3/c1-16-4-5-19(14-17(16)2)18(3)23-22(27)15-24-10-12-25(13-11-24)20-6-8-21(9-7-20)26(28)29/h4-9,14,18H,10-13,15H2,1-3H3,(H,23,27)/t18-/m0/s1. The molecule has 1 fully saturated rings. The van der Waals surface area contributed by atoms with E-state index in [-0.39, 0.29) is 22.6 Å². The van der Waals surface area contributed by atoms with Gasteiger partial charge in [-0.3, -0.25) is 19.8 Å². The zero-order valence-corrected chi connectivity index (χ0v) is 17.2. The molecule has 29 heavy (non-hydrogen) atoms. The number of non-ortho nitro benzene ring substituents is 1. The lowest BCUT2D eigenvalue weighted by Gasteiger charge is -2.35. The number of carbonyl (C=O) groups is 1. The van der Waals surface area contributed by atoms with E-state index in [1.54, 1.807) is 12.1 Å². The fourth-order valence-electron chi connectivity index (χ4n) is 3.56. The van der Waals surface area contributed by atoms with Crippen molar-refractivity contribution in [2.75, 3.05) is 37.6 Å². The van der Waals surface area contributed by atoms with E-state index in [2.05, 4.69) is 47.2 Å². The van der Waals surface area contributed by atoms with Crippen LogP contribution in [0.4, 0.5) is 11.4 Å². The summed E-state index contributed by atoms with van der Waals surface area (Å²) in [5, 5.41) is 13.9. The van der Waals surface area contributed by atoms with Gasteiger partial charge in [0.2, 0.25) is 5.91 Å². The number of rotatable bonds is 6. The van der Waals surface area contributed by atoms with Crippen LogP contribution < -0.4 is 10.2 Å². The lowest BCUT2D eigenvalue weighted by atomic mass is 10.0. The number of benzene rings is 2. The predicted molar refractivity (Wildman–Crippen MR) is 114 cm³/mol. The molecule has 7 nitrogen and oxygen atoms in total. The topological polar surface area (TPSA) is 78.7 Å². The van der Waals surface area contributed by atoms with Gasteiger partial charge in [0.05, 0.1) is 17.5 Å². The van der Waals surface area contributed by atoms with E-state index in [9.17, 15) is 14.9 Å². The molecule has 0 aromatic heterocycles. The molecule has 1 aliphatic rings. The molecule has 2 aromatic rings. The molecule has 0 unspecified atom stereocenters. The van der Waals surface area contributed by atoms with Gasteiger partial charge in [-0.1, -0.05) is 18.2 Å². The summed E-state index contributed by atoms with van der Waals surface area (Å²) in [5.41, 5.74) is 4.67. The maximum Gasteiger partial charge on any atom is 0.269 e. The fourth-order valence-corrected chi connectivity index (χ4v) is 3.56. The fraction of sp³-hybridized carbons (Fsp3) is 0.409. The first-order valence-corrected chi connectivity index (χ1v) is 9.92. The Morgan fingerprint density at radius 1 is 1.07 bits per heavy atom. The summed E-state index contributed by atoms with van der Waals surface area (Å²) in [5.74, 6) is 0.0273. The highest BCUT2D eigenvalue weighted by atomic mass is 16.6. The normalized spacial score (nSPS) is 15.8. The first kappa shape index (κ1) is 20.8. The van der Waals surface area contributed by atoms with E-state index in [1.165, 1.54) is 23.3 Å². The van der Waals surface area contributed by atoms with E-state index in [4.69, 9.17) is 0 Å². The summed E-state index contributed by atoms with van der Waals surface area (Å²) in [6.45, 7) is 9.69. The van der Waals surface area contributed by atoms with Crippen LogP contribution in [0.5, 0.6) is 0 Å². The Balaban J connectivity index is 1.47. The number of nitrogens with one attached hydrogen (secondary N) is 1. The third-order valence-electron chi connectivity index (χ3n) is 5.57. The average Bonchev–Trinajstić information content (AvgIpc) is 2.70. The molecule has 1 aliphatic heterocycles. The molecule has 2 aromatic carbocycles. The van der Waals surface area contributed by atoms with E-state index in [1.807, 2.05) is 6.92 Å². The molecule has 1 N–H and O–H groups in total. The summed E-state index contributed by atoms with van der Waals surface area (Å²) < 4.78 is 0. The van der Waals surface area contributed by atoms with Crippen molar-refractivity contribution in [3.63, 3.8) is 0 Å². The molecule has 1 atom stereocenters. The van der Waals surface area contributed by atoms with Crippen LogP contribution in [0.1, 0.15) is 29.7 Å². The maximum absolute atomic E-state index is 12.5. The van der Waals surface area contributed by atoms with Crippen LogP contribution in [0.25, 0.3) is 0 Å². The number of nitro benzene ring substituents is 1. The average molecular weight is 396 g/mol.